The van der Waals surface area contributed by atoms with Crippen LogP contribution in [0, 0.1) is 5.92 Å². The molecule has 0 rings (SSSR count). The van der Waals surface area contributed by atoms with Crippen LogP contribution >= 0.6 is 15.9 Å². The van der Waals surface area contributed by atoms with Crippen LogP contribution in [0.2, 0.25) is 0 Å². The fraction of sp³-hybridized carbons (Fsp3) is 0.933. The van der Waals surface area contributed by atoms with Crippen molar-refractivity contribution in [2.75, 3.05) is 25.2 Å². The van der Waals surface area contributed by atoms with Gasteiger partial charge >= 0.3 is 5.97 Å². The quantitative estimate of drug-likeness (QED) is 0.285. The molecule has 0 fully saturated rings. The maximum absolute atomic E-state index is 11.3. The van der Waals surface area contributed by atoms with E-state index in [0.717, 1.165) is 31.2 Å². The second-order valence-electron chi connectivity index (χ2n) is 4.86. The lowest BCUT2D eigenvalue weighted by Gasteiger charge is -2.14. The summed E-state index contributed by atoms with van der Waals surface area (Å²) >= 11 is 3.34. The van der Waals surface area contributed by atoms with Crippen LogP contribution in [0.5, 0.6) is 0 Å². The van der Waals surface area contributed by atoms with E-state index in [4.69, 9.17) is 9.47 Å². The van der Waals surface area contributed by atoms with Crippen molar-refractivity contribution >= 4 is 21.9 Å². The van der Waals surface area contributed by atoms with Gasteiger partial charge in [0.25, 0.3) is 0 Å². The van der Waals surface area contributed by atoms with Gasteiger partial charge < -0.3 is 9.47 Å². The molecule has 0 N–H and O–H groups in total. The second kappa shape index (κ2) is 14.3. The molecule has 0 aromatic heterocycles. The molecule has 0 saturated heterocycles. The first-order valence-corrected chi connectivity index (χ1v) is 8.66. The van der Waals surface area contributed by atoms with Crippen molar-refractivity contribution in [1.29, 1.82) is 0 Å². The van der Waals surface area contributed by atoms with Gasteiger partial charge in [0.2, 0.25) is 0 Å². The molecule has 114 valence electrons. The Hall–Kier alpha value is -0.0900. The Morgan fingerprint density at radius 1 is 1.16 bits per heavy atom. The van der Waals surface area contributed by atoms with E-state index < -0.39 is 0 Å². The van der Waals surface area contributed by atoms with E-state index in [2.05, 4.69) is 29.8 Å². The molecule has 0 aromatic rings. The van der Waals surface area contributed by atoms with E-state index >= 15 is 0 Å². The smallest absolute Gasteiger partial charge is 0.305 e. The summed E-state index contributed by atoms with van der Waals surface area (Å²) in [7, 11) is 0. The molecule has 0 aliphatic heterocycles. The number of hydrogen-bond donors (Lipinski definition) is 0. The van der Waals surface area contributed by atoms with E-state index in [9.17, 15) is 4.79 Å². The summed E-state index contributed by atoms with van der Waals surface area (Å²) in [5.74, 6) is 0.539. The minimum absolute atomic E-state index is 0.109. The van der Waals surface area contributed by atoms with Gasteiger partial charge in [-0.1, -0.05) is 49.0 Å². The zero-order chi connectivity index (χ0) is 14.3. The van der Waals surface area contributed by atoms with Crippen LogP contribution in [-0.2, 0) is 14.3 Å². The molecule has 1 unspecified atom stereocenters. The van der Waals surface area contributed by atoms with Crippen molar-refractivity contribution < 1.29 is 14.3 Å². The molecule has 4 heteroatoms. The molecule has 0 spiro atoms. The molecule has 0 aliphatic rings. The van der Waals surface area contributed by atoms with Crippen LogP contribution in [0.4, 0.5) is 0 Å². The van der Waals surface area contributed by atoms with Crippen LogP contribution in [-0.4, -0.2) is 31.1 Å². The van der Waals surface area contributed by atoms with Crippen molar-refractivity contribution in [3.8, 4) is 0 Å². The number of carbonyl (C=O) groups is 1. The topological polar surface area (TPSA) is 35.5 Å². The zero-order valence-corrected chi connectivity index (χ0v) is 14.0. The largest absolute Gasteiger partial charge is 0.463 e. The third kappa shape index (κ3) is 12.7. The van der Waals surface area contributed by atoms with Gasteiger partial charge in [0.15, 0.2) is 0 Å². The zero-order valence-electron chi connectivity index (χ0n) is 12.5. The number of carbonyl (C=O) groups excluding carboxylic acids is 1. The first kappa shape index (κ1) is 18.9. The van der Waals surface area contributed by atoms with E-state index in [0.29, 0.717) is 25.6 Å². The summed E-state index contributed by atoms with van der Waals surface area (Å²) in [4.78, 5) is 11.3. The van der Waals surface area contributed by atoms with Crippen molar-refractivity contribution in [1.82, 2.24) is 0 Å². The fourth-order valence-electron chi connectivity index (χ4n) is 1.80. The minimum Gasteiger partial charge on any atom is -0.463 e. The van der Waals surface area contributed by atoms with Gasteiger partial charge in [-0.15, -0.1) is 0 Å². The highest BCUT2D eigenvalue weighted by Crippen LogP contribution is 2.12. The molecule has 0 heterocycles. The van der Waals surface area contributed by atoms with Crippen LogP contribution in [0.25, 0.3) is 0 Å². The summed E-state index contributed by atoms with van der Waals surface area (Å²) in [6.07, 6.45) is 7.32. The molecule has 0 bridgehead atoms. The van der Waals surface area contributed by atoms with Crippen molar-refractivity contribution in [3.05, 3.63) is 0 Å². The monoisotopic (exact) mass is 336 g/mol. The van der Waals surface area contributed by atoms with E-state index in [1.807, 2.05) is 0 Å². The summed E-state index contributed by atoms with van der Waals surface area (Å²) in [5.41, 5.74) is 0. The number of alkyl halides is 1. The Morgan fingerprint density at radius 2 is 1.95 bits per heavy atom. The summed E-state index contributed by atoms with van der Waals surface area (Å²) in [6.45, 7) is 6.11. The third-order valence-electron chi connectivity index (χ3n) is 3.15. The molecular formula is C15H29BrO3. The first-order valence-electron chi connectivity index (χ1n) is 7.53. The molecular weight excluding hydrogens is 308 g/mol. The summed E-state index contributed by atoms with van der Waals surface area (Å²) < 4.78 is 10.7. The van der Waals surface area contributed by atoms with Crippen molar-refractivity contribution in [2.24, 2.45) is 5.92 Å². The van der Waals surface area contributed by atoms with Gasteiger partial charge in [0.1, 0.15) is 6.61 Å². The predicted octanol–water partition coefficient (Wildman–Crippen LogP) is 4.33. The highest BCUT2D eigenvalue weighted by Gasteiger charge is 2.06. The summed E-state index contributed by atoms with van der Waals surface area (Å²) in [5, 5.41) is 0.944. The minimum atomic E-state index is -0.109. The normalized spacial score (nSPS) is 12.4. The molecule has 0 aliphatic carbocycles. The van der Waals surface area contributed by atoms with Crippen LogP contribution in [0.3, 0.4) is 0 Å². The molecule has 3 nitrogen and oxygen atoms in total. The number of ether oxygens (including phenoxy) is 2. The maximum Gasteiger partial charge on any atom is 0.305 e. The third-order valence-corrected chi connectivity index (χ3v) is 3.71. The van der Waals surface area contributed by atoms with Crippen molar-refractivity contribution in [2.45, 2.75) is 58.8 Å². The van der Waals surface area contributed by atoms with Crippen molar-refractivity contribution in [3.63, 3.8) is 0 Å². The number of unbranched alkanes of at least 4 members (excludes halogenated alkanes) is 2. The van der Waals surface area contributed by atoms with Gasteiger partial charge in [-0.25, -0.2) is 0 Å². The van der Waals surface area contributed by atoms with Crippen LogP contribution < -0.4 is 0 Å². The Labute approximate surface area is 126 Å². The SMILES string of the molecule is CCCCC(CC)COCCOC(=O)CCCCBr. The molecule has 1 atom stereocenters. The summed E-state index contributed by atoms with van der Waals surface area (Å²) in [6, 6.07) is 0. The lowest BCUT2D eigenvalue weighted by atomic mass is 10.0. The lowest BCUT2D eigenvalue weighted by Crippen LogP contribution is -2.14. The Balaban J connectivity index is 3.39. The fourth-order valence-corrected chi connectivity index (χ4v) is 2.20. The van der Waals surface area contributed by atoms with E-state index in [-0.39, 0.29) is 5.97 Å². The van der Waals surface area contributed by atoms with Gasteiger partial charge in [-0.3, -0.25) is 4.79 Å². The van der Waals surface area contributed by atoms with Gasteiger partial charge in [0.05, 0.1) is 6.61 Å². The van der Waals surface area contributed by atoms with Gasteiger partial charge in [0, 0.05) is 18.4 Å². The van der Waals surface area contributed by atoms with Crippen LogP contribution in [0.1, 0.15) is 58.8 Å². The molecule has 0 aromatic carbocycles. The highest BCUT2D eigenvalue weighted by atomic mass is 79.9. The van der Waals surface area contributed by atoms with Gasteiger partial charge in [-0.2, -0.15) is 0 Å². The van der Waals surface area contributed by atoms with Gasteiger partial charge in [-0.05, 0) is 25.2 Å². The number of hydrogen-bond acceptors (Lipinski definition) is 3. The number of halogens is 1. The average molecular weight is 337 g/mol. The van der Waals surface area contributed by atoms with E-state index in [1.165, 1.54) is 19.3 Å². The predicted molar refractivity (Wildman–Crippen MR) is 82.7 cm³/mol. The molecule has 0 radical (unpaired) electrons. The number of rotatable bonds is 13. The highest BCUT2D eigenvalue weighted by molar-refractivity contribution is 9.09. The van der Waals surface area contributed by atoms with E-state index in [1.54, 1.807) is 0 Å². The number of esters is 1. The maximum atomic E-state index is 11.3. The average Bonchev–Trinajstić information content (AvgIpc) is 2.42. The van der Waals surface area contributed by atoms with Crippen LogP contribution in [0.15, 0.2) is 0 Å². The Bertz CT molecular complexity index is 210. The molecule has 0 saturated carbocycles. The standard InChI is InChI=1S/C15H29BrO3/c1-3-5-8-14(4-2)13-18-11-12-19-15(17)9-6-7-10-16/h14H,3-13H2,1-2H3. The lowest BCUT2D eigenvalue weighted by molar-refractivity contribution is -0.145. The first-order chi connectivity index (χ1) is 9.24. The second-order valence-corrected chi connectivity index (χ2v) is 5.65. The molecule has 19 heavy (non-hydrogen) atoms. The Morgan fingerprint density at radius 3 is 2.58 bits per heavy atom. The Kier molecular flexibility index (Phi) is 14.3. The molecule has 0 amide bonds.